The molecule has 0 saturated carbocycles. The van der Waals surface area contributed by atoms with E-state index in [1.54, 1.807) is 19.2 Å². The van der Waals surface area contributed by atoms with Crippen LogP contribution in [-0.4, -0.2) is 30.0 Å². The normalized spacial score (nSPS) is 14.5. The Morgan fingerprint density at radius 1 is 1.22 bits per heavy atom. The highest BCUT2D eigenvalue weighted by Gasteiger charge is 2.44. The van der Waals surface area contributed by atoms with Gasteiger partial charge in [0.05, 0.1) is 12.6 Å². The van der Waals surface area contributed by atoms with Crippen LogP contribution in [-0.2, 0) is 0 Å². The lowest BCUT2D eigenvalue weighted by molar-refractivity contribution is -0.155. The molecule has 3 N–H and O–H groups in total. The van der Waals surface area contributed by atoms with E-state index in [0.717, 1.165) is 12.1 Å². The SMILES string of the molecule is CC(C)[C@@H](CO)NC(=O)N[C@@H](c1cccc(F)c1F)C(F)(F)F. The molecule has 9 heteroatoms. The van der Waals surface area contributed by atoms with Gasteiger partial charge in [-0.05, 0) is 12.0 Å². The first-order valence-corrected chi connectivity index (χ1v) is 6.76. The zero-order valence-corrected chi connectivity index (χ0v) is 12.4. The molecule has 0 radical (unpaired) electrons. The van der Waals surface area contributed by atoms with E-state index in [9.17, 15) is 26.7 Å². The zero-order valence-electron chi connectivity index (χ0n) is 12.4. The fourth-order valence-corrected chi connectivity index (χ4v) is 1.84. The van der Waals surface area contributed by atoms with Gasteiger partial charge in [0, 0.05) is 5.56 Å². The molecule has 0 aromatic heterocycles. The van der Waals surface area contributed by atoms with Gasteiger partial charge in [-0.1, -0.05) is 26.0 Å². The van der Waals surface area contributed by atoms with Crippen molar-refractivity contribution < 1.29 is 31.9 Å². The van der Waals surface area contributed by atoms with Crippen LogP contribution in [0.1, 0.15) is 25.5 Å². The maximum atomic E-state index is 13.6. The van der Waals surface area contributed by atoms with Crippen molar-refractivity contribution in [3.05, 3.63) is 35.4 Å². The molecular weight excluding hydrogens is 323 g/mol. The topological polar surface area (TPSA) is 61.4 Å². The lowest BCUT2D eigenvalue weighted by Gasteiger charge is -2.25. The first-order valence-electron chi connectivity index (χ1n) is 6.76. The van der Waals surface area contributed by atoms with Gasteiger partial charge in [-0.25, -0.2) is 13.6 Å². The standard InChI is InChI=1S/C14H17F5N2O2/c1-7(2)10(6-22)20-13(23)21-12(14(17,18)19)8-4-3-5-9(15)11(8)16/h3-5,7,10,12,22H,6H2,1-2H3,(H2,20,21,23)/t10-,12+/m1/s1. The fourth-order valence-electron chi connectivity index (χ4n) is 1.84. The average molecular weight is 340 g/mol. The first kappa shape index (κ1) is 19.1. The molecule has 4 nitrogen and oxygen atoms in total. The van der Waals surface area contributed by atoms with Crippen LogP contribution in [0.2, 0.25) is 0 Å². The highest BCUT2D eigenvalue weighted by atomic mass is 19.4. The van der Waals surface area contributed by atoms with Gasteiger partial charge >= 0.3 is 12.2 Å². The minimum atomic E-state index is -5.03. The van der Waals surface area contributed by atoms with Crippen molar-refractivity contribution in [3.8, 4) is 0 Å². The van der Waals surface area contributed by atoms with Crippen molar-refractivity contribution in [1.29, 1.82) is 0 Å². The molecule has 0 saturated heterocycles. The van der Waals surface area contributed by atoms with E-state index < -0.39 is 48.1 Å². The Balaban J connectivity index is 3.01. The number of hydrogen-bond acceptors (Lipinski definition) is 2. The minimum absolute atomic E-state index is 0.235. The summed E-state index contributed by atoms with van der Waals surface area (Å²) in [7, 11) is 0. The monoisotopic (exact) mass is 340 g/mol. The van der Waals surface area contributed by atoms with Crippen LogP contribution in [0.4, 0.5) is 26.7 Å². The summed E-state index contributed by atoms with van der Waals surface area (Å²) in [6.07, 6.45) is -5.03. The Kier molecular flexibility index (Phi) is 6.31. The summed E-state index contributed by atoms with van der Waals surface area (Å²) in [4.78, 5) is 11.7. The summed E-state index contributed by atoms with van der Waals surface area (Å²) in [5.74, 6) is -3.37. The van der Waals surface area contributed by atoms with Crippen molar-refractivity contribution in [2.24, 2.45) is 5.92 Å². The van der Waals surface area contributed by atoms with Crippen molar-refractivity contribution in [1.82, 2.24) is 10.6 Å². The summed E-state index contributed by atoms with van der Waals surface area (Å²) >= 11 is 0. The van der Waals surface area contributed by atoms with Gasteiger partial charge in [-0.15, -0.1) is 0 Å². The summed E-state index contributed by atoms with van der Waals surface area (Å²) in [6, 6.07) is -2.42. The number of halogens is 5. The average Bonchev–Trinajstić information content (AvgIpc) is 2.44. The molecular formula is C14H17F5N2O2. The summed E-state index contributed by atoms with van der Waals surface area (Å²) in [5.41, 5.74) is -1.03. The van der Waals surface area contributed by atoms with E-state index in [1.807, 2.05) is 0 Å². The molecule has 0 aliphatic rings. The number of carbonyl (C=O) groups is 1. The van der Waals surface area contributed by atoms with Crippen molar-refractivity contribution >= 4 is 6.03 Å². The van der Waals surface area contributed by atoms with Gasteiger partial charge in [0.15, 0.2) is 17.7 Å². The Morgan fingerprint density at radius 2 is 1.83 bits per heavy atom. The molecule has 0 bridgehead atoms. The number of aliphatic hydroxyl groups excluding tert-OH is 1. The number of nitrogens with one attached hydrogen (secondary N) is 2. The van der Waals surface area contributed by atoms with E-state index in [1.165, 1.54) is 0 Å². The molecule has 130 valence electrons. The quantitative estimate of drug-likeness (QED) is 0.722. The molecule has 23 heavy (non-hydrogen) atoms. The van der Waals surface area contributed by atoms with E-state index in [2.05, 4.69) is 5.32 Å². The third-order valence-corrected chi connectivity index (χ3v) is 3.21. The van der Waals surface area contributed by atoms with E-state index >= 15 is 0 Å². The van der Waals surface area contributed by atoms with Gasteiger partial charge in [0.25, 0.3) is 0 Å². The number of amides is 2. The van der Waals surface area contributed by atoms with Crippen LogP contribution >= 0.6 is 0 Å². The molecule has 0 aliphatic heterocycles. The third-order valence-electron chi connectivity index (χ3n) is 3.21. The number of alkyl halides is 3. The molecule has 1 aromatic carbocycles. The summed E-state index contributed by atoms with van der Waals surface area (Å²) in [5, 5.41) is 12.8. The Labute approximate surface area is 129 Å². The Bertz CT molecular complexity index is 548. The number of carbonyl (C=O) groups excluding carboxylic acids is 1. The van der Waals surface area contributed by atoms with E-state index in [0.29, 0.717) is 6.07 Å². The maximum Gasteiger partial charge on any atom is 0.413 e. The van der Waals surface area contributed by atoms with Gasteiger partial charge in [0.2, 0.25) is 0 Å². The molecule has 0 fully saturated rings. The van der Waals surface area contributed by atoms with Crippen LogP contribution in [0.25, 0.3) is 0 Å². The number of rotatable bonds is 5. The second-order valence-corrected chi connectivity index (χ2v) is 5.27. The minimum Gasteiger partial charge on any atom is -0.394 e. The summed E-state index contributed by atoms with van der Waals surface area (Å²) < 4.78 is 66.0. The molecule has 0 unspecified atom stereocenters. The number of urea groups is 1. The van der Waals surface area contributed by atoms with Crippen molar-refractivity contribution in [2.45, 2.75) is 32.1 Å². The molecule has 2 atom stereocenters. The number of benzene rings is 1. The van der Waals surface area contributed by atoms with Crippen LogP contribution < -0.4 is 10.6 Å². The largest absolute Gasteiger partial charge is 0.413 e. The zero-order chi connectivity index (χ0) is 17.8. The molecule has 0 aliphatic carbocycles. The van der Waals surface area contributed by atoms with Gasteiger partial charge in [-0.3, -0.25) is 0 Å². The van der Waals surface area contributed by atoms with Crippen molar-refractivity contribution in [2.75, 3.05) is 6.61 Å². The van der Waals surface area contributed by atoms with E-state index in [4.69, 9.17) is 5.11 Å². The fraction of sp³-hybridized carbons (Fsp3) is 0.500. The molecule has 0 spiro atoms. The van der Waals surface area contributed by atoms with Crippen molar-refractivity contribution in [3.63, 3.8) is 0 Å². The number of aliphatic hydroxyl groups is 1. The van der Waals surface area contributed by atoms with Crippen LogP contribution in [0.5, 0.6) is 0 Å². The first-order chi connectivity index (χ1) is 10.6. The second kappa shape index (κ2) is 7.58. The molecule has 2 amide bonds. The van der Waals surface area contributed by atoms with Gasteiger partial charge in [0.1, 0.15) is 0 Å². The molecule has 0 heterocycles. The third kappa shape index (κ3) is 5.05. The number of hydrogen-bond donors (Lipinski definition) is 3. The van der Waals surface area contributed by atoms with Crippen LogP contribution in [0.15, 0.2) is 18.2 Å². The van der Waals surface area contributed by atoms with Gasteiger partial charge < -0.3 is 15.7 Å². The second-order valence-electron chi connectivity index (χ2n) is 5.27. The predicted octanol–water partition coefficient (Wildman–Crippen LogP) is 2.88. The lowest BCUT2D eigenvalue weighted by atomic mass is 10.0. The maximum absolute atomic E-state index is 13.6. The van der Waals surface area contributed by atoms with Crippen LogP contribution in [0.3, 0.4) is 0 Å². The van der Waals surface area contributed by atoms with Gasteiger partial charge in [-0.2, -0.15) is 13.2 Å². The Hall–Kier alpha value is -1.90. The van der Waals surface area contributed by atoms with Crippen LogP contribution in [0, 0.1) is 17.6 Å². The lowest BCUT2D eigenvalue weighted by Crippen LogP contribution is -2.49. The molecule has 1 aromatic rings. The Morgan fingerprint density at radius 3 is 2.30 bits per heavy atom. The highest BCUT2D eigenvalue weighted by Crippen LogP contribution is 2.34. The van der Waals surface area contributed by atoms with E-state index in [-0.39, 0.29) is 5.92 Å². The smallest absolute Gasteiger partial charge is 0.394 e. The molecule has 1 rings (SSSR count). The summed E-state index contributed by atoms with van der Waals surface area (Å²) in [6.45, 7) is 2.82. The predicted molar refractivity (Wildman–Crippen MR) is 72.5 cm³/mol. The highest BCUT2D eigenvalue weighted by molar-refractivity contribution is 5.75.